The largest absolute Gasteiger partial charge is 0.480 e. The van der Waals surface area contributed by atoms with Gasteiger partial charge in [0.2, 0.25) is 0 Å². The van der Waals surface area contributed by atoms with Crippen molar-refractivity contribution in [2.75, 3.05) is 6.54 Å². The van der Waals surface area contributed by atoms with Crippen LogP contribution in [0.5, 0.6) is 0 Å². The van der Waals surface area contributed by atoms with Crippen molar-refractivity contribution >= 4 is 12.0 Å². The van der Waals surface area contributed by atoms with Crippen molar-refractivity contribution in [3.05, 3.63) is 17.0 Å². The number of carboxylic acids is 1. The zero-order valence-corrected chi connectivity index (χ0v) is 11.3. The Morgan fingerprint density at radius 1 is 1.50 bits per heavy atom. The molecule has 3 N–H and O–H groups in total. The predicted octanol–water partition coefficient (Wildman–Crippen LogP) is 0.0208. The first-order valence-corrected chi connectivity index (χ1v) is 6.27. The third kappa shape index (κ3) is 2.74. The van der Waals surface area contributed by atoms with E-state index in [1.807, 2.05) is 0 Å². The standard InChI is InChI=1S/C12H17N3O5/c1-6-9(7(2)20-14-6)4-13-12(19)15-5-8(16)3-10(15)11(17)18/h8,10,16H,3-5H2,1-2H3,(H,13,19)(H,17,18). The number of nitrogens with zero attached hydrogens (tertiary/aromatic N) is 2. The van der Waals surface area contributed by atoms with Crippen molar-refractivity contribution in [2.24, 2.45) is 0 Å². The van der Waals surface area contributed by atoms with Gasteiger partial charge in [0, 0.05) is 25.1 Å². The molecule has 1 saturated heterocycles. The average Bonchev–Trinajstić information content (AvgIpc) is 2.91. The number of amides is 2. The average molecular weight is 283 g/mol. The fourth-order valence-electron chi connectivity index (χ4n) is 2.29. The van der Waals surface area contributed by atoms with Gasteiger partial charge in [-0.2, -0.15) is 0 Å². The van der Waals surface area contributed by atoms with E-state index in [2.05, 4.69) is 10.5 Å². The SMILES string of the molecule is Cc1noc(C)c1CNC(=O)N1CC(O)CC1C(=O)O. The summed E-state index contributed by atoms with van der Waals surface area (Å²) in [6, 6.07) is -1.51. The summed E-state index contributed by atoms with van der Waals surface area (Å²) in [6.07, 6.45) is -0.755. The van der Waals surface area contributed by atoms with Gasteiger partial charge in [-0.05, 0) is 13.8 Å². The summed E-state index contributed by atoms with van der Waals surface area (Å²) in [4.78, 5) is 24.2. The second-order valence-electron chi connectivity index (χ2n) is 4.86. The highest BCUT2D eigenvalue weighted by atomic mass is 16.5. The number of β-amino-alcohol motifs (C(OH)–C–C–N with tert-alkyl or cyclic N) is 1. The lowest BCUT2D eigenvalue weighted by atomic mass is 10.2. The van der Waals surface area contributed by atoms with Crippen LogP contribution in [0.2, 0.25) is 0 Å². The minimum absolute atomic E-state index is 0.0183. The normalized spacial score (nSPS) is 22.1. The first kappa shape index (κ1) is 14.3. The molecule has 0 aromatic carbocycles. The van der Waals surface area contributed by atoms with Gasteiger partial charge in [-0.1, -0.05) is 5.16 Å². The summed E-state index contributed by atoms with van der Waals surface area (Å²) in [5.74, 6) is -0.506. The predicted molar refractivity (Wildman–Crippen MR) is 67.0 cm³/mol. The number of likely N-dealkylation sites (tertiary alicyclic amines) is 1. The molecule has 110 valence electrons. The lowest BCUT2D eigenvalue weighted by Gasteiger charge is -2.21. The minimum atomic E-state index is -1.12. The Bertz CT molecular complexity index is 508. The van der Waals surface area contributed by atoms with Crippen LogP contribution in [-0.4, -0.2) is 51.0 Å². The molecule has 2 amide bonds. The van der Waals surface area contributed by atoms with Crippen LogP contribution in [0.4, 0.5) is 4.79 Å². The Balaban J connectivity index is 2.00. The molecule has 2 rings (SSSR count). The van der Waals surface area contributed by atoms with E-state index < -0.39 is 24.1 Å². The Kier molecular flexibility index (Phi) is 3.93. The van der Waals surface area contributed by atoms with E-state index in [-0.39, 0.29) is 19.5 Å². The van der Waals surface area contributed by atoms with E-state index in [1.165, 1.54) is 0 Å². The van der Waals surface area contributed by atoms with Crippen LogP contribution in [0.1, 0.15) is 23.4 Å². The first-order chi connectivity index (χ1) is 9.40. The molecule has 2 heterocycles. The van der Waals surface area contributed by atoms with Gasteiger partial charge < -0.3 is 25.0 Å². The molecule has 1 fully saturated rings. The molecule has 0 saturated carbocycles. The molecule has 2 unspecified atom stereocenters. The minimum Gasteiger partial charge on any atom is -0.480 e. The number of rotatable bonds is 3. The van der Waals surface area contributed by atoms with Gasteiger partial charge >= 0.3 is 12.0 Å². The van der Waals surface area contributed by atoms with Gasteiger partial charge in [-0.25, -0.2) is 9.59 Å². The molecule has 0 aliphatic carbocycles. The highest BCUT2D eigenvalue weighted by Crippen LogP contribution is 2.18. The highest BCUT2D eigenvalue weighted by molar-refractivity contribution is 5.83. The number of hydrogen-bond donors (Lipinski definition) is 3. The van der Waals surface area contributed by atoms with Crippen LogP contribution < -0.4 is 5.32 Å². The fraction of sp³-hybridized carbons (Fsp3) is 0.583. The van der Waals surface area contributed by atoms with Crippen molar-refractivity contribution < 1.29 is 24.3 Å². The van der Waals surface area contributed by atoms with Crippen molar-refractivity contribution in [1.82, 2.24) is 15.4 Å². The highest BCUT2D eigenvalue weighted by Gasteiger charge is 2.38. The number of carbonyl (C=O) groups is 2. The number of aromatic nitrogens is 1. The van der Waals surface area contributed by atoms with E-state index in [0.29, 0.717) is 11.5 Å². The molecular weight excluding hydrogens is 266 g/mol. The van der Waals surface area contributed by atoms with Crippen molar-refractivity contribution in [2.45, 2.75) is 39.0 Å². The monoisotopic (exact) mass is 283 g/mol. The van der Waals surface area contributed by atoms with Gasteiger partial charge in [-0.15, -0.1) is 0 Å². The van der Waals surface area contributed by atoms with Crippen molar-refractivity contribution in [1.29, 1.82) is 0 Å². The number of carboxylic acid groups (broad SMARTS) is 1. The zero-order valence-electron chi connectivity index (χ0n) is 11.3. The molecular formula is C12H17N3O5. The molecule has 0 bridgehead atoms. The number of aliphatic hydroxyl groups excluding tert-OH is 1. The summed E-state index contributed by atoms with van der Waals surface area (Å²) >= 11 is 0. The molecule has 20 heavy (non-hydrogen) atoms. The molecule has 0 radical (unpaired) electrons. The number of nitrogens with one attached hydrogen (secondary N) is 1. The summed E-state index contributed by atoms with van der Waals surface area (Å²) in [5.41, 5.74) is 1.45. The maximum Gasteiger partial charge on any atom is 0.326 e. The van der Waals surface area contributed by atoms with E-state index >= 15 is 0 Å². The van der Waals surface area contributed by atoms with Crippen LogP contribution in [0.3, 0.4) is 0 Å². The van der Waals surface area contributed by atoms with Crippen LogP contribution in [0.25, 0.3) is 0 Å². The van der Waals surface area contributed by atoms with Crippen molar-refractivity contribution in [3.63, 3.8) is 0 Å². The zero-order chi connectivity index (χ0) is 14.9. The smallest absolute Gasteiger partial charge is 0.326 e. The number of aryl methyl sites for hydroxylation is 2. The Labute approximate surface area is 115 Å². The molecule has 8 heteroatoms. The molecule has 1 aliphatic rings. The Morgan fingerprint density at radius 2 is 2.20 bits per heavy atom. The fourth-order valence-corrected chi connectivity index (χ4v) is 2.29. The van der Waals surface area contributed by atoms with Crippen LogP contribution >= 0.6 is 0 Å². The number of aliphatic carboxylic acids is 1. The van der Waals surface area contributed by atoms with Gasteiger partial charge in [0.1, 0.15) is 11.8 Å². The third-order valence-corrected chi connectivity index (χ3v) is 3.42. The van der Waals surface area contributed by atoms with E-state index in [0.717, 1.165) is 10.5 Å². The maximum atomic E-state index is 12.0. The van der Waals surface area contributed by atoms with Gasteiger partial charge in [-0.3, -0.25) is 0 Å². The van der Waals surface area contributed by atoms with Crippen LogP contribution in [0.15, 0.2) is 4.52 Å². The molecule has 2 atom stereocenters. The quantitative estimate of drug-likeness (QED) is 0.720. The number of urea groups is 1. The molecule has 8 nitrogen and oxygen atoms in total. The Hall–Kier alpha value is -2.09. The summed E-state index contributed by atoms with van der Waals surface area (Å²) in [7, 11) is 0. The first-order valence-electron chi connectivity index (χ1n) is 6.27. The second-order valence-corrected chi connectivity index (χ2v) is 4.86. The molecule has 0 spiro atoms. The maximum absolute atomic E-state index is 12.0. The molecule has 1 aromatic rings. The number of hydrogen-bond acceptors (Lipinski definition) is 5. The summed E-state index contributed by atoms with van der Waals surface area (Å²) in [6.45, 7) is 3.72. The van der Waals surface area contributed by atoms with E-state index in [1.54, 1.807) is 13.8 Å². The number of aliphatic hydroxyl groups is 1. The van der Waals surface area contributed by atoms with Gasteiger partial charge in [0.15, 0.2) is 0 Å². The number of carbonyl (C=O) groups excluding carboxylic acids is 1. The van der Waals surface area contributed by atoms with Crippen LogP contribution in [0, 0.1) is 13.8 Å². The molecule has 1 aliphatic heterocycles. The van der Waals surface area contributed by atoms with E-state index in [4.69, 9.17) is 9.63 Å². The van der Waals surface area contributed by atoms with Gasteiger partial charge in [0.05, 0.1) is 11.8 Å². The van der Waals surface area contributed by atoms with Crippen LogP contribution in [-0.2, 0) is 11.3 Å². The lowest BCUT2D eigenvalue weighted by Crippen LogP contribution is -2.46. The van der Waals surface area contributed by atoms with E-state index in [9.17, 15) is 14.7 Å². The van der Waals surface area contributed by atoms with Crippen molar-refractivity contribution in [3.8, 4) is 0 Å². The third-order valence-electron chi connectivity index (χ3n) is 3.42. The molecule has 1 aromatic heterocycles. The van der Waals surface area contributed by atoms with Gasteiger partial charge in [0.25, 0.3) is 0 Å². The second kappa shape index (κ2) is 5.49. The lowest BCUT2D eigenvalue weighted by molar-refractivity contribution is -0.141. The summed E-state index contributed by atoms with van der Waals surface area (Å²) in [5, 5.41) is 24.9. The topological polar surface area (TPSA) is 116 Å². The Morgan fingerprint density at radius 3 is 2.75 bits per heavy atom. The summed E-state index contributed by atoms with van der Waals surface area (Å²) < 4.78 is 4.98.